The summed E-state index contributed by atoms with van der Waals surface area (Å²) in [6.45, 7) is 3.42. The lowest BCUT2D eigenvalue weighted by Crippen LogP contribution is -2.43. The smallest absolute Gasteiger partial charge is 0.252 e. The zero-order chi connectivity index (χ0) is 19.5. The molecular formula is C22H26ClN3O3. The Morgan fingerprint density at radius 3 is 2.24 bits per heavy atom. The Morgan fingerprint density at radius 1 is 1.03 bits per heavy atom. The molecule has 2 aliphatic rings. The first kappa shape index (κ1) is 21.1. The number of fused-ring (bicyclic) bond motifs is 1. The van der Waals surface area contributed by atoms with Crippen LogP contribution in [0.3, 0.4) is 0 Å². The first-order valence-electron chi connectivity index (χ1n) is 9.65. The molecule has 154 valence electrons. The molecule has 0 bridgehead atoms. The topological polar surface area (TPSA) is 70.7 Å². The maximum atomic E-state index is 13.3. The summed E-state index contributed by atoms with van der Waals surface area (Å²) in [5.74, 6) is 1.40. The summed E-state index contributed by atoms with van der Waals surface area (Å²) in [5, 5.41) is 6.33. The summed E-state index contributed by atoms with van der Waals surface area (Å²) in [6, 6.07) is 15.6. The molecule has 1 unspecified atom stereocenters. The SMILES string of the molecule is COc1ccc(C(=O)NC(C(=O)N2C[C@H]3CNC[C@H]3C2)c2ccccc2)cc1.Cl. The number of hydrogen-bond donors (Lipinski definition) is 2. The van der Waals surface area contributed by atoms with Crippen molar-refractivity contribution in [3.05, 3.63) is 65.7 Å². The zero-order valence-corrected chi connectivity index (χ0v) is 17.2. The van der Waals surface area contributed by atoms with Crippen molar-refractivity contribution in [3.8, 4) is 5.75 Å². The highest BCUT2D eigenvalue weighted by Crippen LogP contribution is 2.29. The van der Waals surface area contributed by atoms with Gasteiger partial charge in [-0.2, -0.15) is 0 Å². The highest BCUT2D eigenvalue weighted by molar-refractivity contribution is 5.98. The number of amides is 2. The molecule has 7 heteroatoms. The average molecular weight is 416 g/mol. The van der Waals surface area contributed by atoms with Crippen LogP contribution in [0.4, 0.5) is 0 Å². The predicted molar refractivity (Wildman–Crippen MR) is 113 cm³/mol. The molecule has 29 heavy (non-hydrogen) atoms. The number of methoxy groups -OCH3 is 1. The van der Waals surface area contributed by atoms with Crippen molar-refractivity contribution in [2.45, 2.75) is 6.04 Å². The number of halogens is 1. The van der Waals surface area contributed by atoms with Crippen LogP contribution < -0.4 is 15.4 Å². The molecule has 3 atom stereocenters. The van der Waals surface area contributed by atoms with Crippen LogP contribution in [0.15, 0.2) is 54.6 Å². The van der Waals surface area contributed by atoms with E-state index in [1.807, 2.05) is 35.2 Å². The van der Waals surface area contributed by atoms with E-state index >= 15 is 0 Å². The lowest BCUT2D eigenvalue weighted by Gasteiger charge is -2.25. The van der Waals surface area contributed by atoms with Crippen molar-refractivity contribution < 1.29 is 14.3 Å². The summed E-state index contributed by atoms with van der Waals surface area (Å²) in [4.78, 5) is 28.0. The zero-order valence-electron chi connectivity index (χ0n) is 16.3. The summed E-state index contributed by atoms with van der Waals surface area (Å²) in [6.07, 6.45) is 0. The van der Waals surface area contributed by atoms with Gasteiger partial charge in [-0.15, -0.1) is 12.4 Å². The van der Waals surface area contributed by atoms with Gasteiger partial charge in [0.05, 0.1) is 7.11 Å². The Hall–Kier alpha value is -2.57. The van der Waals surface area contributed by atoms with E-state index in [-0.39, 0.29) is 24.2 Å². The maximum absolute atomic E-state index is 13.3. The van der Waals surface area contributed by atoms with Crippen LogP contribution in [-0.4, -0.2) is 50.0 Å². The third-order valence-electron chi connectivity index (χ3n) is 5.71. The van der Waals surface area contributed by atoms with Crippen LogP contribution in [0.5, 0.6) is 5.75 Å². The summed E-state index contributed by atoms with van der Waals surface area (Å²) in [5.41, 5.74) is 1.29. The Kier molecular flexibility index (Phi) is 6.77. The van der Waals surface area contributed by atoms with E-state index in [2.05, 4.69) is 10.6 Å². The van der Waals surface area contributed by atoms with E-state index in [0.29, 0.717) is 23.1 Å². The minimum atomic E-state index is -0.692. The van der Waals surface area contributed by atoms with Crippen LogP contribution in [0, 0.1) is 11.8 Å². The predicted octanol–water partition coefficient (Wildman–Crippen LogP) is 2.27. The van der Waals surface area contributed by atoms with Gasteiger partial charge in [-0.25, -0.2) is 0 Å². The molecule has 0 radical (unpaired) electrons. The Morgan fingerprint density at radius 2 is 1.66 bits per heavy atom. The van der Waals surface area contributed by atoms with E-state index in [1.54, 1.807) is 31.4 Å². The quantitative estimate of drug-likeness (QED) is 0.785. The molecule has 0 aliphatic carbocycles. The number of carbonyl (C=O) groups excluding carboxylic acids is 2. The Balaban J connectivity index is 0.00000240. The third kappa shape index (κ3) is 4.54. The van der Waals surface area contributed by atoms with Crippen molar-refractivity contribution in [3.63, 3.8) is 0 Å². The molecule has 2 aromatic carbocycles. The number of nitrogens with one attached hydrogen (secondary N) is 2. The average Bonchev–Trinajstić information content (AvgIpc) is 3.34. The summed E-state index contributed by atoms with van der Waals surface area (Å²) < 4.78 is 5.14. The van der Waals surface area contributed by atoms with E-state index in [1.165, 1.54) is 0 Å². The van der Waals surface area contributed by atoms with Crippen LogP contribution in [0.2, 0.25) is 0 Å². The van der Waals surface area contributed by atoms with Gasteiger partial charge < -0.3 is 20.3 Å². The number of hydrogen-bond acceptors (Lipinski definition) is 4. The number of rotatable bonds is 5. The molecular weight excluding hydrogens is 390 g/mol. The molecule has 6 nitrogen and oxygen atoms in total. The number of carbonyl (C=O) groups is 2. The minimum absolute atomic E-state index is 0. The van der Waals surface area contributed by atoms with Gasteiger partial charge in [0.25, 0.3) is 5.91 Å². The van der Waals surface area contributed by atoms with Crippen molar-refractivity contribution in [2.75, 3.05) is 33.3 Å². The normalized spacial score (nSPS) is 21.1. The Labute approximate surface area is 177 Å². The van der Waals surface area contributed by atoms with Crippen LogP contribution in [-0.2, 0) is 4.79 Å². The number of nitrogens with zero attached hydrogens (tertiary/aromatic N) is 1. The minimum Gasteiger partial charge on any atom is -0.497 e. The molecule has 0 aromatic heterocycles. The third-order valence-corrected chi connectivity index (χ3v) is 5.71. The molecule has 4 rings (SSSR count). The van der Waals surface area contributed by atoms with E-state index in [0.717, 1.165) is 31.7 Å². The molecule has 2 N–H and O–H groups in total. The van der Waals surface area contributed by atoms with Crippen LogP contribution in [0.25, 0.3) is 0 Å². The van der Waals surface area contributed by atoms with E-state index in [4.69, 9.17) is 4.74 Å². The molecule has 0 saturated carbocycles. The highest BCUT2D eigenvalue weighted by atomic mass is 35.5. The van der Waals surface area contributed by atoms with E-state index < -0.39 is 6.04 Å². The first-order valence-corrected chi connectivity index (χ1v) is 9.65. The van der Waals surface area contributed by atoms with Crippen LogP contribution >= 0.6 is 12.4 Å². The van der Waals surface area contributed by atoms with Gasteiger partial charge in [0.1, 0.15) is 11.8 Å². The van der Waals surface area contributed by atoms with Crippen molar-refractivity contribution >= 4 is 24.2 Å². The van der Waals surface area contributed by atoms with Gasteiger partial charge >= 0.3 is 0 Å². The molecule has 2 heterocycles. The molecule has 2 aliphatic heterocycles. The first-order chi connectivity index (χ1) is 13.7. The Bertz CT molecular complexity index is 832. The fourth-order valence-electron chi connectivity index (χ4n) is 4.11. The number of benzene rings is 2. The molecule has 2 amide bonds. The molecule has 2 saturated heterocycles. The molecule has 2 aromatic rings. The van der Waals surface area contributed by atoms with Gasteiger partial charge in [-0.05, 0) is 41.7 Å². The summed E-state index contributed by atoms with van der Waals surface area (Å²) in [7, 11) is 1.58. The largest absolute Gasteiger partial charge is 0.497 e. The number of ether oxygens (including phenoxy) is 1. The van der Waals surface area contributed by atoms with Gasteiger partial charge in [-0.3, -0.25) is 9.59 Å². The fourth-order valence-corrected chi connectivity index (χ4v) is 4.11. The van der Waals surface area contributed by atoms with Crippen molar-refractivity contribution in [1.29, 1.82) is 0 Å². The van der Waals surface area contributed by atoms with Crippen molar-refractivity contribution in [2.24, 2.45) is 11.8 Å². The second kappa shape index (κ2) is 9.29. The van der Waals surface area contributed by atoms with Crippen LogP contribution in [0.1, 0.15) is 22.0 Å². The van der Waals surface area contributed by atoms with Gasteiger partial charge in [0.15, 0.2) is 0 Å². The van der Waals surface area contributed by atoms with Gasteiger partial charge in [0, 0.05) is 31.7 Å². The molecule has 2 fully saturated rings. The van der Waals surface area contributed by atoms with Gasteiger partial charge in [0.2, 0.25) is 5.91 Å². The van der Waals surface area contributed by atoms with Gasteiger partial charge in [-0.1, -0.05) is 30.3 Å². The summed E-state index contributed by atoms with van der Waals surface area (Å²) >= 11 is 0. The second-order valence-corrected chi connectivity index (χ2v) is 7.47. The number of likely N-dealkylation sites (tertiary alicyclic amines) is 1. The molecule has 0 spiro atoms. The fraction of sp³-hybridized carbons (Fsp3) is 0.364. The van der Waals surface area contributed by atoms with E-state index in [9.17, 15) is 9.59 Å². The standard InChI is InChI=1S/C22H25N3O3.ClH/c1-28-19-9-7-16(8-10-19)21(26)24-20(15-5-3-2-4-6-15)22(27)25-13-17-11-23-12-18(17)14-25;/h2-10,17-18,20,23H,11-14H2,1H3,(H,24,26);1H/t17-,18+,20?;. The lowest BCUT2D eigenvalue weighted by molar-refractivity contribution is -0.132. The highest BCUT2D eigenvalue weighted by Gasteiger charge is 2.40. The second-order valence-electron chi connectivity index (χ2n) is 7.47. The monoisotopic (exact) mass is 415 g/mol. The van der Waals surface area contributed by atoms with Crippen molar-refractivity contribution in [1.82, 2.24) is 15.5 Å². The lowest BCUT2D eigenvalue weighted by atomic mass is 10.0. The maximum Gasteiger partial charge on any atom is 0.252 e.